The van der Waals surface area contributed by atoms with Crippen molar-refractivity contribution in [3.05, 3.63) is 58.7 Å². The van der Waals surface area contributed by atoms with E-state index in [9.17, 15) is 4.79 Å². The first-order valence-electron chi connectivity index (χ1n) is 5.47. The van der Waals surface area contributed by atoms with Crippen molar-refractivity contribution < 1.29 is 9.90 Å². The van der Waals surface area contributed by atoms with Crippen LogP contribution in [0.4, 0.5) is 0 Å². The Morgan fingerprint density at radius 1 is 1.38 bits per heavy atom. The van der Waals surface area contributed by atoms with Crippen LogP contribution in [0.25, 0.3) is 0 Å². The Balaban J connectivity index is 2.07. The molecule has 1 unspecified atom stereocenters. The zero-order valence-corrected chi connectivity index (χ0v) is 8.81. The van der Waals surface area contributed by atoms with E-state index in [2.05, 4.69) is 18.2 Å². The Morgan fingerprint density at radius 3 is 3.06 bits per heavy atom. The van der Waals surface area contributed by atoms with Crippen LogP contribution < -0.4 is 0 Å². The molecule has 1 atom stereocenters. The predicted octanol–water partition coefficient (Wildman–Crippen LogP) is 2.91. The molecule has 2 aliphatic rings. The average molecular weight is 212 g/mol. The number of hydrogen-bond donors (Lipinski definition) is 1. The van der Waals surface area contributed by atoms with Crippen LogP contribution in [0.3, 0.4) is 0 Å². The number of carbonyl (C=O) groups is 1. The van der Waals surface area contributed by atoms with Crippen molar-refractivity contribution in [1.29, 1.82) is 0 Å². The fourth-order valence-electron chi connectivity index (χ4n) is 2.63. The zero-order valence-electron chi connectivity index (χ0n) is 8.81. The first-order valence-corrected chi connectivity index (χ1v) is 5.47. The molecule has 0 aliphatic heterocycles. The van der Waals surface area contributed by atoms with Crippen LogP contribution in [-0.2, 0) is 6.42 Å². The number of benzene rings is 1. The summed E-state index contributed by atoms with van der Waals surface area (Å²) in [5, 5.41) is 8.95. The average Bonchev–Trinajstić information content (AvgIpc) is 2.66. The van der Waals surface area contributed by atoms with Gasteiger partial charge in [0.2, 0.25) is 0 Å². The van der Waals surface area contributed by atoms with Gasteiger partial charge in [-0.25, -0.2) is 4.79 Å². The molecule has 2 nitrogen and oxygen atoms in total. The van der Waals surface area contributed by atoms with Crippen LogP contribution in [0.15, 0.2) is 42.0 Å². The highest BCUT2D eigenvalue weighted by Gasteiger charge is 2.27. The van der Waals surface area contributed by atoms with E-state index in [1.165, 1.54) is 16.7 Å². The molecule has 80 valence electrons. The Morgan fingerprint density at radius 2 is 2.25 bits per heavy atom. The van der Waals surface area contributed by atoms with Crippen molar-refractivity contribution in [3.8, 4) is 0 Å². The van der Waals surface area contributed by atoms with E-state index < -0.39 is 5.97 Å². The number of carboxylic acids is 1. The summed E-state index contributed by atoms with van der Waals surface area (Å²) < 4.78 is 0. The Kier molecular flexibility index (Phi) is 1.96. The van der Waals surface area contributed by atoms with Gasteiger partial charge in [-0.2, -0.15) is 0 Å². The Labute approximate surface area is 93.9 Å². The van der Waals surface area contributed by atoms with Gasteiger partial charge in [-0.05, 0) is 36.1 Å². The molecule has 2 aliphatic carbocycles. The molecule has 0 spiro atoms. The molecule has 0 fully saturated rings. The monoisotopic (exact) mass is 212 g/mol. The lowest BCUT2D eigenvalue weighted by Crippen LogP contribution is -1.99. The molecule has 2 heteroatoms. The van der Waals surface area contributed by atoms with Crippen molar-refractivity contribution in [2.75, 3.05) is 0 Å². The number of carboxylic acid groups (broad SMARTS) is 1. The third-order valence-electron chi connectivity index (χ3n) is 3.43. The summed E-state index contributed by atoms with van der Waals surface area (Å²) in [6, 6.07) is 5.50. The molecule has 0 amide bonds. The van der Waals surface area contributed by atoms with E-state index in [1.807, 2.05) is 12.1 Å². The third-order valence-corrected chi connectivity index (χ3v) is 3.43. The highest BCUT2D eigenvalue weighted by molar-refractivity contribution is 5.88. The first-order chi connectivity index (χ1) is 7.75. The second-order valence-electron chi connectivity index (χ2n) is 4.35. The van der Waals surface area contributed by atoms with Gasteiger partial charge < -0.3 is 5.11 Å². The van der Waals surface area contributed by atoms with E-state index in [-0.39, 0.29) is 0 Å². The van der Waals surface area contributed by atoms with Crippen LogP contribution in [0.2, 0.25) is 0 Å². The van der Waals surface area contributed by atoms with Crippen LogP contribution in [-0.4, -0.2) is 11.1 Å². The molecule has 0 aromatic heterocycles. The van der Waals surface area contributed by atoms with Crippen LogP contribution in [0, 0.1) is 0 Å². The van der Waals surface area contributed by atoms with Gasteiger partial charge in [-0.1, -0.05) is 29.9 Å². The largest absolute Gasteiger partial charge is 0.478 e. The van der Waals surface area contributed by atoms with Crippen molar-refractivity contribution in [3.63, 3.8) is 0 Å². The number of allylic oxidation sites excluding steroid dienone is 4. The minimum Gasteiger partial charge on any atom is -0.478 e. The maximum atomic E-state index is 10.9. The summed E-state index contributed by atoms with van der Waals surface area (Å²) in [5.41, 5.74) is 4.30. The molecular weight excluding hydrogens is 200 g/mol. The minimum absolute atomic E-state index is 0.394. The van der Waals surface area contributed by atoms with Gasteiger partial charge in [-0.15, -0.1) is 0 Å². The van der Waals surface area contributed by atoms with E-state index in [0.29, 0.717) is 11.5 Å². The van der Waals surface area contributed by atoms with E-state index >= 15 is 0 Å². The molecule has 1 N–H and O–H groups in total. The SMILES string of the molecule is O=C(O)c1ccc2c(c1)CC1=CC=CCC12. The molecule has 0 saturated heterocycles. The fourth-order valence-corrected chi connectivity index (χ4v) is 2.63. The maximum absolute atomic E-state index is 10.9. The van der Waals surface area contributed by atoms with Gasteiger partial charge in [0.05, 0.1) is 5.56 Å². The molecule has 1 aromatic carbocycles. The van der Waals surface area contributed by atoms with Gasteiger partial charge in [0.25, 0.3) is 0 Å². The molecule has 1 aromatic rings. The lowest BCUT2D eigenvalue weighted by Gasteiger charge is -2.13. The molecule has 0 saturated carbocycles. The number of rotatable bonds is 1. The molecule has 0 bridgehead atoms. The molecule has 0 radical (unpaired) electrons. The summed E-state index contributed by atoms with van der Waals surface area (Å²) in [5.74, 6) is -0.354. The zero-order chi connectivity index (χ0) is 11.1. The van der Waals surface area contributed by atoms with Crippen molar-refractivity contribution in [2.45, 2.75) is 18.8 Å². The summed E-state index contributed by atoms with van der Waals surface area (Å²) in [6.07, 6.45) is 8.38. The molecule has 0 heterocycles. The molecule has 3 rings (SSSR count). The fraction of sp³-hybridized carbons (Fsp3) is 0.214. The van der Waals surface area contributed by atoms with Gasteiger partial charge in [0.15, 0.2) is 0 Å². The van der Waals surface area contributed by atoms with E-state index in [1.54, 1.807) is 6.07 Å². The van der Waals surface area contributed by atoms with Gasteiger partial charge in [0, 0.05) is 5.92 Å². The topological polar surface area (TPSA) is 37.3 Å². The minimum atomic E-state index is -0.843. The van der Waals surface area contributed by atoms with E-state index in [0.717, 1.165) is 12.8 Å². The highest BCUT2D eigenvalue weighted by Crippen LogP contribution is 2.41. The smallest absolute Gasteiger partial charge is 0.335 e. The van der Waals surface area contributed by atoms with Crippen LogP contribution in [0.5, 0.6) is 0 Å². The lowest BCUT2D eigenvalue weighted by atomic mass is 9.91. The van der Waals surface area contributed by atoms with Gasteiger partial charge >= 0.3 is 5.97 Å². The van der Waals surface area contributed by atoms with E-state index in [4.69, 9.17) is 5.11 Å². The highest BCUT2D eigenvalue weighted by atomic mass is 16.4. The maximum Gasteiger partial charge on any atom is 0.335 e. The Hall–Kier alpha value is -1.83. The summed E-state index contributed by atoms with van der Waals surface area (Å²) >= 11 is 0. The summed E-state index contributed by atoms with van der Waals surface area (Å²) in [7, 11) is 0. The summed E-state index contributed by atoms with van der Waals surface area (Å²) in [6.45, 7) is 0. The molecule has 16 heavy (non-hydrogen) atoms. The quantitative estimate of drug-likeness (QED) is 0.777. The van der Waals surface area contributed by atoms with Crippen molar-refractivity contribution in [1.82, 2.24) is 0 Å². The van der Waals surface area contributed by atoms with Crippen molar-refractivity contribution >= 4 is 5.97 Å². The Bertz CT molecular complexity index is 524. The molecular formula is C14H12O2. The van der Waals surface area contributed by atoms with Gasteiger partial charge in [-0.3, -0.25) is 0 Å². The second-order valence-corrected chi connectivity index (χ2v) is 4.35. The first kappa shape index (κ1) is 9.40. The van der Waals surface area contributed by atoms with Gasteiger partial charge in [0.1, 0.15) is 0 Å². The standard InChI is InChI=1S/C14H12O2/c15-14(16)10-5-6-13-11(8-10)7-9-3-1-2-4-12(9)13/h1-3,5-6,8,12H,4,7H2,(H,15,16). The third kappa shape index (κ3) is 1.30. The van der Waals surface area contributed by atoms with Crippen LogP contribution >= 0.6 is 0 Å². The second kappa shape index (κ2) is 3.34. The summed E-state index contributed by atoms with van der Waals surface area (Å²) in [4.78, 5) is 10.9. The van der Waals surface area contributed by atoms with Crippen LogP contribution in [0.1, 0.15) is 33.8 Å². The predicted molar refractivity (Wildman–Crippen MR) is 61.7 cm³/mol. The number of aromatic carboxylic acids is 1. The van der Waals surface area contributed by atoms with Crippen molar-refractivity contribution in [2.24, 2.45) is 0 Å². The number of hydrogen-bond acceptors (Lipinski definition) is 1. The lowest BCUT2D eigenvalue weighted by molar-refractivity contribution is 0.0697. The number of fused-ring (bicyclic) bond motifs is 3. The normalized spacial score (nSPS) is 21.2.